The molecule has 1 heterocycles. The van der Waals surface area contributed by atoms with Gasteiger partial charge in [0.05, 0.1) is 0 Å². The van der Waals surface area contributed by atoms with E-state index in [9.17, 15) is 18.8 Å². The topological polar surface area (TPSA) is 71.6 Å². The van der Waals surface area contributed by atoms with E-state index in [1.54, 1.807) is 12.1 Å². The number of rotatable bonds is 4. The molecular weight excluding hydrogens is 326 g/mol. The highest BCUT2D eigenvalue weighted by Gasteiger charge is 2.13. The molecule has 0 aliphatic rings. The zero-order valence-corrected chi connectivity index (χ0v) is 12.7. The molecule has 0 spiro atoms. The molecule has 0 saturated heterocycles. The molecule has 7 heteroatoms. The van der Waals surface area contributed by atoms with Gasteiger partial charge >= 0.3 is 0 Å². The van der Waals surface area contributed by atoms with Crippen LogP contribution in [0.5, 0.6) is 0 Å². The summed E-state index contributed by atoms with van der Waals surface area (Å²) in [6.07, 6.45) is 3.91. The van der Waals surface area contributed by atoms with Crippen LogP contribution in [-0.2, 0) is 0 Å². The van der Waals surface area contributed by atoms with E-state index in [1.807, 2.05) is 0 Å². The van der Waals surface area contributed by atoms with Crippen molar-refractivity contribution in [1.82, 2.24) is 14.8 Å². The number of hydrogen-bond acceptors (Lipinski definition) is 4. The predicted octanol–water partition coefficient (Wildman–Crippen LogP) is 3.34. The van der Waals surface area contributed by atoms with Gasteiger partial charge in [0.1, 0.15) is 41.6 Å². The van der Waals surface area contributed by atoms with Crippen LogP contribution < -0.4 is 0 Å². The molecule has 3 aromatic rings. The Morgan fingerprint density at radius 2 is 1.92 bits per heavy atom. The number of aromatic nitrogens is 3. The van der Waals surface area contributed by atoms with Gasteiger partial charge in [0.25, 0.3) is 0 Å². The number of nitrogens with zero attached hydrogens (tertiary/aromatic N) is 4. The van der Waals surface area contributed by atoms with Crippen LogP contribution in [0.1, 0.15) is 15.9 Å². The Hall–Kier alpha value is -3.66. The Kier molecular flexibility index (Phi) is 4.44. The lowest BCUT2D eigenvalue weighted by Gasteiger charge is -2.04. The number of carbonyl (C=O) groups excluding carboxylic acids is 1. The van der Waals surface area contributed by atoms with Crippen molar-refractivity contribution in [3.63, 3.8) is 0 Å². The lowest BCUT2D eigenvalue weighted by molar-refractivity contribution is 0.104. The normalized spacial score (nSPS) is 11.2. The number of halogens is 2. The molecule has 0 aliphatic heterocycles. The summed E-state index contributed by atoms with van der Waals surface area (Å²) >= 11 is 0. The quantitative estimate of drug-likeness (QED) is 0.416. The first-order chi connectivity index (χ1) is 12.1. The lowest BCUT2D eigenvalue weighted by Crippen LogP contribution is -2.02. The van der Waals surface area contributed by atoms with E-state index in [-0.39, 0.29) is 16.8 Å². The van der Waals surface area contributed by atoms with Crippen molar-refractivity contribution in [3.05, 3.63) is 83.5 Å². The molecule has 1 aromatic heterocycles. The number of allylic oxidation sites excluding steroid dienone is 1. The SMILES string of the molecule is N#CC(=Cc1ccc(-n2cncn2)c(F)c1)C(=O)c1ccc(F)cc1. The summed E-state index contributed by atoms with van der Waals surface area (Å²) in [4.78, 5) is 16.0. The number of carbonyl (C=O) groups is 1. The molecule has 0 saturated carbocycles. The fraction of sp³-hybridized carbons (Fsp3) is 0. The third-order valence-corrected chi connectivity index (χ3v) is 3.42. The van der Waals surface area contributed by atoms with Crippen molar-refractivity contribution < 1.29 is 13.6 Å². The maximum absolute atomic E-state index is 14.2. The number of benzene rings is 2. The maximum atomic E-state index is 14.2. The van der Waals surface area contributed by atoms with Crippen LogP contribution in [-0.4, -0.2) is 20.5 Å². The molecule has 0 unspecified atom stereocenters. The highest BCUT2D eigenvalue weighted by Crippen LogP contribution is 2.18. The van der Waals surface area contributed by atoms with Gasteiger partial charge in [-0.05, 0) is 48.0 Å². The molecule has 122 valence electrons. The summed E-state index contributed by atoms with van der Waals surface area (Å²) in [5.74, 6) is -1.63. The number of Topliss-reactive ketones (excluding diaryl/α,β-unsaturated/α-hetero) is 1. The molecule has 0 aliphatic carbocycles. The minimum absolute atomic E-state index is 0.175. The van der Waals surface area contributed by atoms with Gasteiger partial charge < -0.3 is 0 Å². The Balaban J connectivity index is 1.92. The van der Waals surface area contributed by atoms with Gasteiger partial charge in [-0.15, -0.1) is 0 Å². The summed E-state index contributed by atoms with van der Waals surface area (Å²) in [7, 11) is 0. The number of ketones is 1. The molecule has 0 N–H and O–H groups in total. The molecule has 2 aromatic carbocycles. The van der Waals surface area contributed by atoms with Crippen LogP contribution in [0.25, 0.3) is 11.8 Å². The number of hydrogen-bond donors (Lipinski definition) is 0. The van der Waals surface area contributed by atoms with Crippen LogP contribution in [0.2, 0.25) is 0 Å². The standard InChI is InChI=1S/C18H10F2N4O/c19-15-4-2-13(3-5-15)18(25)14(9-21)7-12-1-6-17(16(20)8-12)24-11-22-10-23-24/h1-8,10-11H. The fourth-order valence-electron chi connectivity index (χ4n) is 2.20. The molecule has 0 amide bonds. The largest absolute Gasteiger partial charge is 0.288 e. The zero-order valence-electron chi connectivity index (χ0n) is 12.7. The summed E-state index contributed by atoms with van der Waals surface area (Å²) in [6.45, 7) is 0. The Morgan fingerprint density at radius 1 is 1.16 bits per heavy atom. The molecule has 0 atom stereocenters. The average Bonchev–Trinajstić information content (AvgIpc) is 3.14. The minimum atomic E-state index is -0.578. The molecule has 25 heavy (non-hydrogen) atoms. The Bertz CT molecular complexity index is 987. The molecule has 0 bridgehead atoms. The summed E-state index contributed by atoms with van der Waals surface area (Å²) < 4.78 is 28.4. The Labute approximate surface area is 141 Å². The first-order valence-corrected chi connectivity index (χ1v) is 7.15. The van der Waals surface area contributed by atoms with Crippen molar-refractivity contribution in [3.8, 4) is 11.8 Å². The number of nitriles is 1. The first-order valence-electron chi connectivity index (χ1n) is 7.15. The summed E-state index contributed by atoms with van der Waals surface area (Å²) in [6, 6.07) is 10.8. The lowest BCUT2D eigenvalue weighted by atomic mass is 10.0. The Morgan fingerprint density at radius 3 is 2.52 bits per heavy atom. The highest BCUT2D eigenvalue weighted by molar-refractivity contribution is 6.14. The maximum Gasteiger partial charge on any atom is 0.203 e. The van der Waals surface area contributed by atoms with Crippen molar-refractivity contribution in [2.75, 3.05) is 0 Å². The molecule has 0 radical (unpaired) electrons. The second kappa shape index (κ2) is 6.84. The van der Waals surface area contributed by atoms with Crippen molar-refractivity contribution in [2.45, 2.75) is 0 Å². The molecular formula is C18H10F2N4O. The summed E-state index contributed by atoms with van der Waals surface area (Å²) in [5, 5.41) is 13.1. The molecule has 5 nitrogen and oxygen atoms in total. The monoisotopic (exact) mass is 336 g/mol. The zero-order chi connectivity index (χ0) is 17.8. The predicted molar refractivity (Wildman–Crippen MR) is 85.6 cm³/mol. The van der Waals surface area contributed by atoms with Crippen molar-refractivity contribution in [2.24, 2.45) is 0 Å². The van der Waals surface area contributed by atoms with Crippen molar-refractivity contribution in [1.29, 1.82) is 5.26 Å². The van der Waals surface area contributed by atoms with Gasteiger partial charge in [-0.25, -0.2) is 18.4 Å². The van der Waals surface area contributed by atoms with E-state index in [2.05, 4.69) is 10.1 Å². The molecule has 3 rings (SSSR count). The first kappa shape index (κ1) is 16.2. The highest BCUT2D eigenvalue weighted by atomic mass is 19.1. The van der Waals surface area contributed by atoms with E-state index in [0.29, 0.717) is 5.56 Å². The average molecular weight is 336 g/mol. The van der Waals surface area contributed by atoms with Gasteiger partial charge in [-0.2, -0.15) is 10.4 Å². The third-order valence-electron chi connectivity index (χ3n) is 3.42. The van der Waals surface area contributed by atoms with Gasteiger partial charge in [0, 0.05) is 5.56 Å². The summed E-state index contributed by atoms with van der Waals surface area (Å²) in [5.41, 5.74) is 0.528. The van der Waals surface area contributed by atoms with Crippen LogP contribution in [0.4, 0.5) is 8.78 Å². The smallest absolute Gasteiger partial charge is 0.203 e. The van der Waals surface area contributed by atoms with Gasteiger partial charge in [-0.3, -0.25) is 4.79 Å². The van der Waals surface area contributed by atoms with Gasteiger partial charge in [0.2, 0.25) is 5.78 Å². The second-order valence-corrected chi connectivity index (χ2v) is 5.06. The van der Waals surface area contributed by atoms with Crippen LogP contribution in [0, 0.1) is 23.0 Å². The van der Waals surface area contributed by atoms with Crippen LogP contribution >= 0.6 is 0 Å². The van der Waals surface area contributed by atoms with Gasteiger partial charge in [-0.1, -0.05) is 6.07 Å². The van der Waals surface area contributed by atoms with E-state index in [4.69, 9.17) is 0 Å². The third kappa shape index (κ3) is 3.48. The minimum Gasteiger partial charge on any atom is -0.288 e. The fourth-order valence-corrected chi connectivity index (χ4v) is 2.20. The van der Waals surface area contributed by atoms with E-state index < -0.39 is 17.4 Å². The van der Waals surface area contributed by atoms with E-state index >= 15 is 0 Å². The van der Waals surface area contributed by atoms with E-state index in [0.717, 1.165) is 12.1 Å². The van der Waals surface area contributed by atoms with Gasteiger partial charge in [0.15, 0.2) is 0 Å². The second-order valence-electron chi connectivity index (χ2n) is 5.06. The van der Waals surface area contributed by atoms with Crippen molar-refractivity contribution >= 4 is 11.9 Å². The molecule has 0 fully saturated rings. The van der Waals surface area contributed by atoms with Crippen LogP contribution in [0.15, 0.2) is 60.7 Å². The van der Waals surface area contributed by atoms with Crippen LogP contribution in [0.3, 0.4) is 0 Å². The van der Waals surface area contributed by atoms with E-state index in [1.165, 1.54) is 47.7 Å².